The van der Waals surface area contributed by atoms with Gasteiger partial charge in [-0.1, -0.05) is 18.2 Å². The molecule has 1 aromatic rings. The summed E-state index contributed by atoms with van der Waals surface area (Å²) in [5, 5.41) is 3.40. The molecule has 0 aliphatic carbocycles. The van der Waals surface area contributed by atoms with Crippen molar-refractivity contribution in [2.75, 3.05) is 18.5 Å². The van der Waals surface area contributed by atoms with Crippen LogP contribution in [-0.2, 0) is 0 Å². The van der Waals surface area contributed by atoms with Gasteiger partial charge in [0.1, 0.15) is 0 Å². The first-order valence-corrected chi connectivity index (χ1v) is 6.13. The molecule has 0 saturated carbocycles. The van der Waals surface area contributed by atoms with Gasteiger partial charge in [0.25, 0.3) is 0 Å². The van der Waals surface area contributed by atoms with Crippen molar-refractivity contribution < 1.29 is 0 Å². The van der Waals surface area contributed by atoms with Crippen molar-refractivity contribution >= 4 is 5.69 Å². The Morgan fingerprint density at radius 1 is 1.25 bits per heavy atom. The summed E-state index contributed by atoms with van der Waals surface area (Å²) in [6.45, 7) is 5.78. The van der Waals surface area contributed by atoms with Crippen molar-refractivity contribution in [3.05, 3.63) is 30.3 Å². The molecule has 2 heteroatoms. The fourth-order valence-corrected chi connectivity index (χ4v) is 2.52. The van der Waals surface area contributed by atoms with Crippen molar-refractivity contribution in [2.24, 2.45) is 0 Å². The lowest BCUT2D eigenvalue weighted by atomic mass is 9.87. The van der Waals surface area contributed by atoms with E-state index in [1.54, 1.807) is 0 Å². The van der Waals surface area contributed by atoms with E-state index in [0.717, 1.165) is 6.54 Å². The third kappa shape index (κ3) is 2.22. The molecule has 0 radical (unpaired) electrons. The van der Waals surface area contributed by atoms with Gasteiger partial charge in [0.05, 0.1) is 0 Å². The predicted octanol–water partition coefficient (Wildman–Crippen LogP) is 2.65. The zero-order valence-corrected chi connectivity index (χ0v) is 10.5. The van der Waals surface area contributed by atoms with Gasteiger partial charge in [0, 0.05) is 23.8 Å². The summed E-state index contributed by atoms with van der Waals surface area (Å²) in [5.41, 5.74) is 1.61. The number of hydrogen-bond donors (Lipinski definition) is 1. The fraction of sp³-hybridized carbons (Fsp3) is 0.571. The molecule has 1 aromatic carbocycles. The Balaban J connectivity index is 2.22. The first kappa shape index (κ1) is 11.5. The normalized spacial score (nSPS) is 24.4. The Labute approximate surface area is 98.7 Å². The highest BCUT2D eigenvalue weighted by Gasteiger charge is 2.33. The van der Waals surface area contributed by atoms with Crippen LogP contribution in [0.4, 0.5) is 5.69 Å². The molecule has 1 aliphatic heterocycles. The second-order valence-electron chi connectivity index (χ2n) is 5.28. The molecule has 0 aromatic heterocycles. The molecular formula is C14H22N2. The molecule has 1 N–H and O–H groups in total. The van der Waals surface area contributed by atoms with Gasteiger partial charge in [-0.3, -0.25) is 0 Å². The molecule has 1 fully saturated rings. The average Bonchev–Trinajstić information content (AvgIpc) is 2.30. The zero-order valence-electron chi connectivity index (χ0n) is 10.5. The van der Waals surface area contributed by atoms with E-state index in [2.05, 4.69) is 61.4 Å². The van der Waals surface area contributed by atoms with Gasteiger partial charge in [0.15, 0.2) is 0 Å². The molecule has 1 aliphatic rings. The lowest BCUT2D eigenvalue weighted by Crippen LogP contribution is -2.55. The van der Waals surface area contributed by atoms with Crippen LogP contribution in [-0.4, -0.2) is 25.2 Å². The predicted molar refractivity (Wildman–Crippen MR) is 69.9 cm³/mol. The molecule has 88 valence electrons. The summed E-state index contributed by atoms with van der Waals surface area (Å²) >= 11 is 0. The van der Waals surface area contributed by atoms with E-state index in [1.165, 1.54) is 18.5 Å². The molecule has 16 heavy (non-hydrogen) atoms. The van der Waals surface area contributed by atoms with Gasteiger partial charge in [-0.15, -0.1) is 0 Å². The summed E-state index contributed by atoms with van der Waals surface area (Å²) in [4.78, 5) is 2.53. The Morgan fingerprint density at radius 3 is 2.56 bits per heavy atom. The number of rotatable bonds is 2. The van der Waals surface area contributed by atoms with Crippen molar-refractivity contribution in [3.63, 3.8) is 0 Å². The smallest absolute Gasteiger partial charge is 0.0371 e. The summed E-state index contributed by atoms with van der Waals surface area (Å²) in [7, 11) is 2.06. The third-order valence-corrected chi connectivity index (χ3v) is 3.71. The van der Waals surface area contributed by atoms with Gasteiger partial charge < -0.3 is 10.2 Å². The second-order valence-corrected chi connectivity index (χ2v) is 5.28. The number of para-hydroxylation sites is 1. The van der Waals surface area contributed by atoms with E-state index < -0.39 is 0 Å². The van der Waals surface area contributed by atoms with Crippen LogP contribution in [0.15, 0.2) is 30.3 Å². The molecule has 2 rings (SSSR count). The largest absolute Gasteiger partial charge is 0.365 e. The van der Waals surface area contributed by atoms with Gasteiger partial charge in [0.2, 0.25) is 0 Å². The first-order valence-electron chi connectivity index (χ1n) is 6.13. The molecule has 1 unspecified atom stereocenters. The highest BCUT2D eigenvalue weighted by atomic mass is 15.2. The van der Waals surface area contributed by atoms with Crippen LogP contribution < -0.4 is 10.2 Å². The lowest BCUT2D eigenvalue weighted by molar-refractivity contribution is 0.313. The monoisotopic (exact) mass is 218 g/mol. The van der Waals surface area contributed by atoms with Gasteiger partial charge in [-0.2, -0.15) is 0 Å². The highest BCUT2D eigenvalue weighted by molar-refractivity contribution is 5.49. The number of benzene rings is 1. The molecular weight excluding hydrogens is 196 g/mol. The number of nitrogens with zero attached hydrogens (tertiary/aromatic N) is 1. The van der Waals surface area contributed by atoms with Gasteiger partial charge >= 0.3 is 0 Å². The minimum absolute atomic E-state index is 0.273. The zero-order chi connectivity index (χ0) is 11.6. The second kappa shape index (κ2) is 4.46. The highest BCUT2D eigenvalue weighted by Crippen LogP contribution is 2.32. The van der Waals surface area contributed by atoms with Crippen molar-refractivity contribution in [1.82, 2.24) is 5.32 Å². The average molecular weight is 218 g/mol. The Hall–Kier alpha value is -1.02. The molecule has 1 atom stereocenters. The van der Waals surface area contributed by atoms with Crippen LogP contribution in [0.5, 0.6) is 0 Å². The van der Waals surface area contributed by atoms with E-state index in [1.807, 2.05) is 0 Å². The number of hydrogen-bond acceptors (Lipinski definition) is 2. The molecule has 1 saturated heterocycles. The summed E-state index contributed by atoms with van der Waals surface area (Å²) < 4.78 is 0. The Kier molecular flexibility index (Phi) is 3.20. The first-order chi connectivity index (χ1) is 7.63. The van der Waals surface area contributed by atoms with Crippen LogP contribution >= 0.6 is 0 Å². The summed E-state index contributed by atoms with van der Waals surface area (Å²) in [5.74, 6) is 0. The van der Waals surface area contributed by atoms with E-state index in [4.69, 9.17) is 0 Å². The fourth-order valence-electron chi connectivity index (χ4n) is 2.52. The van der Waals surface area contributed by atoms with E-state index in [0.29, 0.717) is 6.04 Å². The summed E-state index contributed by atoms with van der Waals surface area (Å²) in [6.07, 6.45) is 2.51. The van der Waals surface area contributed by atoms with E-state index in [-0.39, 0.29) is 5.54 Å². The minimum atomic E-state index is 0.273. The molecule has 2 nitrogen and oxygen atoms in total. The quantitative estimate of drug-likeness (QED) is 0.821. The maximum atomic E-state index is 3.40. The van der Waals surface area contributed by atoms with E-state index >= 15 is 0 Å². The third-order valence-electron chi connectivity index (χ3n) is 3.71. The summed E-state index contributed by atoms with van der Waals surface area (Å²) in [6, 6.07) is 11.4. The van der Waals surface area contributed by atoms with Crippen LogP contribution in [0.3, 0.4) is 0 Å². The maximum absolute atomic E-state index is 3.40. The molecule has 1 heterocycles. The maximum Gasteiger partial charge on any atom is 0.0371 e. The minimum Gasteiger partial charge on any atom is -0.365 e. The van der Waals surface area contributed by atoms with Crippen LogP contribution in [0.25, 0.3) is 0 Å². The SMILES string of the molecule is CNC1CCC(C)(C)N(c2ccccc2)C1. The molecule has 0 amide bonds. The van der Waals surface area contributed by atoms with Crippen molar-refractivity contribution in [3.8, 4) is 0 Å². The van der Waals surface area contributed by atoms with Crippen LogP contribution in [0, 0.1) is 0 Å². The van der Waals surface area contributed by atoms with E-state index in [9.17, 15) is 0 Å². The van der Waals surface area contributed by atoms with Crippen molar-refractivity contribution in [2.45, 2.75) is 38.3 Å². The Bertz CT molecular complexity index is 332. The lowest BCUT2D eigenvalue weighted by Gasteiger charge is -2.47. The van der Waals surface area contributed by atoms with Crippen LogP contribution in [0.2, 0.25) is 0 Å². The standard InChI is InChI=1S/C14H22N2/c1-14(2)10-9-12(15-3)11-16(14)13-7-5-4-6-8-13/h4-8,12,15H,9-11H2,1-3H3. The van der Waals surface area contributed by atoms with Gasteiger partial charge in [-0.25, -0.2) is 0 Å². The molecule has 0 bridgehead atoms. The number of likely N-dealkylation sites (N-methyl/N-ethyl adjacent to an activating group) is 1. The number of anilines is 1. The van der Waals surface area contributed by atoms with Crippen LogP contribution in [0.1, 0.15) is 26.7 Å². The molecule has 0 spiro atoms. The van der Waals surface area contributed by atoms with Crippen molar-refractivity contribution in [1.29, 1.82) is 0 Å². The topological polar surface area (TPSA) is 15.3 Å². The number of nitrogens with one attached hydrogen (secondary N) is 1. The Morgan fingerprint density at radius 2 is 1.94 bits per heavy atom. The number of piperidine rings is 1. The van der Waals surface area contributed by atoms with Gasteiger partial charge in [-0.05, 0) is 45.9 Å².